The molecule has 0 bridgehead atoms. The standard InChI is InChI=1S/C38H76N2O4/c1-3-5-7-21-27-35(41)29-23-17-13-9-11-15-19-25-31-37(43)39-33-34-40-38(44)32-26-20-16-12-10-14-18-24-30-36(42)28-22-8-6-4-2/h35-36,41-42H,3-34H2,1-2H3,(H,39,43)(H,40,44)/t35-,36-/m1/s1. The molecule has 0 radical (unpaired) electrons. The normalized spacial score (nSPS) is 12.7. The van der Waals surface area contributed by atoms with Gasteiger partial charge >= 0.3 is 0 Å². The Morgan fingerprint density at radius 1 is 0.409 bits per heavy atom. The highest BCUT2D eigenvalue weighted by atomic mass is 16.3. The molecule has 6 heteroatoms. The molecular formula is C38H76N2O4. The van der Waals surface area contributed by atoms with Gasteiger partial charge in [-0.25, -0.2) is 0 Å². The minimum absolute atomic E-state index is 0.0890. The summed E-state index contributed by atoms with van der Waals surface area (Å²) >= 11 is 0. The Kier molecular flexibility index (Phi) is 33.8. The monoisotopic (exact) mass is 625 g/mol. The van der Waals surface area contributed by atoms with Gasteiger partial charge in [-0.05, 0) is 38.5 Å². The molecule has 0 saturated heterocycles. The van der Waals surface area contributed by atoms with Gasteiger partial charge in [0.15, 0.2) is 0 Å². The van der Waals surface area contributed by atoms with E-state index >= 15 is 0 Å². The highest BCUT2D eigenvalue weighted by molar-refractivity contribution is 5.77. The molecule has 2 atom stereocenters. The van der Waals surface area contributed by atoms with Gasteiger partial charge in [0, 0.05) is 25.9 Å². The topological polar surface area (TPSA) is 98.7 Å². The van der Waals surface area contributed by atoms with E-state index in [4.69, 9.17) is 0 Å². The van der Waals surface area contributed by atoms with E-state index in [2.05, 4.69) is 24.5 Å². The van der Waals surface area contributed by atoms with Crippen LogP contribution in [0.2, 0.25) is 0 Å². The van der Waals surface area contributed by atoms with Crippen LogP contribution in [0, 0.1) is 0 Å². The maximum absolute atomic E-state index is 12.0. The molecule has 2 amide bonds. The minimum atomic E-state index is -0.0998. The summed E-state index contributed by atoms with van der Waals surface area (Å²) in [6.07, 6.45) is 33.4. The molecule has 0 heterocycles. The van der Waals surface area contributed by atoms with Crippen molar-refractivity contribution in [1.29, 1.82) is 0 Å². The third-order valence-corrected chi connectivity index (χ3v) is 8.93. The summed E-state index contributed by atoms with van der Waals surface area (Å²) in [5.41, 5.74) is 0. The zero-order valence-corrected chi connectivity index (χ0v) is 29.5. The van der Waals surface area contributed by atoms with E-state index < -0.39 is 0 Å². The minimum Gasteiger partial charge on any atom is -0.393 e. The highest BCUT2D eigenvalue weighted by Crippen LogP contribution is 2.16. The largest absolute Gasteiger partial charge is 0.393 e. The zero-order chi connectivity index (χ0) is 32.4. The lowest BCUT2D eigenvalue weighted by molar-refractivity contribution is -0.123. The van der Waals surface area contributed by atoms with E-state index in [1.807, 2.05) is 0 Å². The van der Waals surface area contributed by atoms with E-state index in [9.17, 15) is 19.8 Å². The Balaban J connectivity index is 3.35. The molecule has 6 nitrogen and oxygen atoms in total. The Labute approximate surface area is 273 Å². The number of carbonyl (C=O) groups excluding carboxylic acids is 2. The van der Waals surface area contributed by atoms with E-state index in [-0.39, 0.29) is 24.0 Å². The van der Waals surface area contributed by atoms with Crippen molar-refractivity contribution >= 4 is 11.8 Å². The predicted octanol–water partition coefficient (Wildman–Crippen LogP) is 9.68. The summed E-state index contributed by atoms with van der Waals surface area (Å²) in [7, 11) is 0. The van der Waals surface area contributed by atoms with Crippen LogP contribution in [0.4, 0.5) is 0 Å². The first-order valence-corrected chi connectivity index (χ1v) is 19.4. The number of unbranched alkanes of at least 4 members (excludes halogenated alkanes) is 20. The third kappa shape index (κ3) is 33.7. The molecule has 0 aliphatic heterocycles. The molecule has 262 valence electrons. The van der Waals surface area contributed by atoms with Crippen molar-refractivity contribution in [3.8, 4) is 0 Å². The molecule has 0 fully saturated rings. The number of nitrogens with one attached hydrogen (secondary N) is 2. The summed E-state index contributed by atoms with van der Waals surface area (Å²) in [6, 6.07) is 0. The van der Waals surface area contributed by atoms with Crippen LogP contribution in [0.5, 0.6) is 0 Å². The molecule has 0 spiro atoms. The number of hydrogen-bond donors (Lipinski definition) is 4. The summed E-state index contributed by atoms with van der Waals surface area (Å²) in [5, 5.41) is 25.9. The lowest BCUT2D eigenvalue weighted by atomic mass is 10.0. The molecule has 44 heavy (non-hydrogen) atoms. The van der Waals surface area contributed by atoms with Crippen LogP contribution in [0.25, 0.3) is 0 Å². The fourth-order valence-electron chi connectivity index (χ4n) is 5.94. The van der Waals surface area contributed by atoms with Gasteiger partial charge in [0.05, 0.1) is 12.2 Å². The zero-order valence-electron chi connectivity index (χ0n) is 29.5. The SMILES string of the molecule is CCCCCC[C@@H](O)CCCCCCCCCCC(=O)NCCNC(=O)CCCCCCCCCC[C@H](O)CCCCCC. The van der Waals surface area contributed by atoms with Crippen molar-refractivity contribution in [2.45, 2.75) is 219 Å². The lowest BCUT2D eigenvalue weighted by Crippen LogP contribution is -2.34. The van der Waals surface area contributed by atoms with Gasteiger partial charge < -0.3 is 20.8 Å². The lowest BCUT2D eigenvalue weighted by Gasteiger charge is -2.10. The number of rotatable bonds is 35. The molecule has 0 aromatic carbocycles. The summed E-state index contributed by atoms with van der Waals surface area (Å²) in [6.45, 7) is 5.45. The second kappa shape index (κ2) is 34.7. The van der Waals surface area contributed by atoms with E-state index in [0.717, 1.165) is 64.2 Å². The van der Waals surface area contributed by atoms with Crippen molar-refractivity contribution in [3.63, 3.8) is 0 Å². The van der Waals surface area contributed by atoms with Crippen LogP contribution in [0.1, 0.15) is 206 Å². The molecule has 0 aliphatic carbocycles. The fraction of sp³-hybridized carbons (Fsp3) is 0.947. The van der Waals surface area contributed by atoms with Crippen LogP contribution in [-0.4, -0.2) is 47.3 Å². The fourth-order valence-corrected chi connectivity index (χ4v) is 5.94. The molecule has 0 unspecified atom stereocenters. The molecule has 0 saturated carbocycles. The third-order valence-electron chi connectivity index (χ3n) is 8.93. The Morgan fingerprint density at radius 2 is 0.659 bits per heavy atom. The summed E-state index contributed by atoms with van der Waals surface area (Å²) in [4.78, 5) is 24.1. The van der Waals surface area contributed by atoms with E-state index in [1.54, 1.807) is 0 Å². The first-order chi connectivity index (χ1) is 21.5. The number of aliphatic hydroxyl groups is 2. The number of carbonyl (C=O) groups is 2. The summed E-state index contributed by atoms with van der Waals surface area (Å²) < 4.78 is 0. The Hall–Kier alpha value is -1.14. The number of amides is 2. The number of aliphatic hydroxyl groups excluding tert-OH is 2. The van der Waals surface area contributed by atoms with Gasteiger partial charge in [0.2, 0.25) is 11.8 Å². The van der Waals surface area contributed by atoms with E-state index in [0.29, 0.717) is 25.9 Å². The van der Waals surface area contributed by atoms with Gasteiger partial charge in [-0.15, -0.1) is 0 Å². The average Bonchev–Trinajstić information content (AvgIpc) is 3.01. The molecule has 0 aromatic heterocycles. The molecule has 0 rings (SSSR count). The van der Waals surface area contributed by atoms with Crippen molar-refractivity contribution < 1.29 is 19.8 Å². The van der Waals surface area contributed by atoms with Gasteiger partial charge in [0.25, 0.3) is 0 Å². The van der Waals surface area contributed by atoms with Gasteiger partial charge in [-0.2, -0.15) is 0 Å². The molecule has 0 aromatic rings. The number of hydrogen-bond acceptors (Lipinski definition) is 4. The van der Waals surface area contributed by atoms with Crippen molar-refractivity contribution in [2.75, 3.05) is 13.1 Å². The molecule has 4 N–H and O–H groups in total. The van der Waals surface area contributed by atoms with Crippen LogP contribution in [0.15, 0.2) is 0 Å². The molecule has 0 aliphatic rings. The van der Waals surface area contributed by atoms with Crippen LogP contribution >= 0.6 is 0 Å². The predicted molar refractivity (Wildman–Crippen MR) is 188 cm³/mol. The van der Waals surface area contributed by atoms with Crippen LogP contribution in [0.3, 0.4) is 0 Å². The summed E-state index contributed by atoms with van der Waals surface area (Å²) in [5.74, 6) is 0.178. The Morgan fingerprint density at radius 3 is 0.955 bits per heavy atom. The van der Waals surface area contributed by atoms with Crippen molar-refractivity contribution in [2.24, 2.45) is 0 Å². The first kappa shape index (κ1) is 42.9. The quantitative estimate of drug-likeness (QED) is 0.0528. The van der Waals surface area contributed by atoms with Crippen molar-refractivity contribution in [1.82, 2.24) is 10.6 Å². The van der Waals surface area contributed by atoms with Gasteiger partial charge in [-0.1, -0.05) is 155 Å². The second-order valence-corrected chi connectivity index (χ2v) is 13.4. The van der Waals surface area contributed by atoms with E-state index in [1.165, 1.54) is 116 Å². The Bertz CT molecular complexity index is 564. The van der Waals surface area contributed by atoms with Gasteiger partial charge in [0.1, 0.15) is 0 Å². The smallest absolute Gasteiger partial charge is 0.220 e. The van der Waals surface area contributed by atoms with Crippen molar-refractivity contribution in [3.05, 3.63) is 0 Å². The maximum atomic E-state index is 12.0. The second-order valence-electron chi connectivity index (χ2n) is 13.4. The van der Waals surface area contributed by atoms with Crippen LogP contribution in [-0.2, 0) is 9.59 Å². The molecular weight excluding hydrogens is 548 g/mol. The van der Waals surface area contributed by atoms with Crippen LogP contribution < -0.4 is 10.6 Å². The van der Waals surface area contributed by atoms with Gasteiger partial charge in [-0.3, -0.25) is 9.59 Å². The first-order valence-electron chi connectivity index (χ1n) is 19.4. The maximum Gasteiger partial charge on any atom is 0.220 e. The average molecular weight is 625 g/mol. The highest BCUT2D eigenvalue weighted by Gasteiger charge is 2.06.